The van der Waals surface area contributed by atoms with E-state index in [2.05, 4.69) is 9.55 Å². The number of nitro groups is 1. The third kappa shape index (κ3) is 1.87. The molecule has 0 atom stereocenters. The molecule has 106 valence electrons. The minimum Gasteiger partial charge on any atom is -0.339 e. The molecule has 0 radical (unpaired) electrons. The Morgan fingerprint density at radius 1 is 1.33 bits per heavy atom. The summed E-state index contributed by atoms with van der Waals surface area (Å²) >= 11 is 0. The van der Waals surface area contributed by atoms with E-state index in [1.165, 1.54) is 6.07 Å². The van der Waals surface area contributed by atoms with Crippen LogP contribution in [-0.4, -0.2) is 20.8 Å². The highest BCUT2D eigenvalue weighted by molar-refractivity contribution is 6.10. The van der Waals surface area contributed by atoms with Gasteiger partial charge in [0.15, 0.2) is 6.29 Å². The lowest BCUT2D eigenvalue weighted by molar-refractivity contribution is -0.384. The summed E-state index contributed by atoms with van der Waals surface area (Å²) in [6.07, 6.45) is 0.693. The van der Waals surface area contributed by atoms with Crippen LogP contribution in [0.5, 0.6) is 0 Å². The number of hydrogen-bond acceptors (Lipinski definition) is 4. The van der Waals surface area contributed by atoms with Crippen molar-refractivity contribution >= 4 is 33.8 Å². The fourth-order valence-corrected chi connectivity index (χ4v) is 2.83. The number of aryl methyl sites for hydroxylation is 2. The highest BCUT2D eigenvalue weighted by Gasteiger charge is 2.16. The van der Waals surface area contributed by atoms with Gasteiger partial charge in [0.25, 0.3) is 5.69 Å². The number of non-ortho nitro benzene ring substituents is 1. The Hall–Kier alpha value is -2.76. The Bertz CT molecular complexity index is 896. The van der Waals surface area contributed by atoms with Gasteiger partial charge in [0.1, 0.15) is 5.69 Å². The summed E-state index contributed by atoms with van der Waals surface area (Å²) in [4.78, 5) is 25.8. The molecule has 1 aromatic carbocycles. The zero-order valence-electron chi connectivity index (χ0n) is 11.7. The van der Waals surface area contributed by atoms with Crippen molar-refractivity contribution in [2.45, 2.75) is 20.4 Å². The van der Waals surface area contributed by atoms with E-state index in [-0.39, 0.29) is 5.69 Å². The molecule has 0 saturated heterocycles. The second-order valence-corrected chi connectivity index (χ2v) is 4.85. The first kappa shape index (κ1) is 13.2. The Balaban J connectivity index is 2.53. The van der Waals surface area contributed by atoms with Crippen molar-refractivity contribution in [3.05, 3.63) is 45.8 Å². The summed E-state index contributed by atoms with van der Waals surface area (Å²) in [5, 5.41) is 12.6. The van der Waals surface area contributed by atoms with Crippen LogP contribution in [0.15, 0.2) is 24.3 Å². The lowest BCUT2D eigenvalue weighted by atomic mass is 10.1. The molecule has 2 aromatic heterocycles. The summed E-state index contributed by atoms with van der Waals surface area (Å²) in [6, 6.07) is 6.49. The molecule has 0 aliphatic rings. The molecule has 0 bridgehead atoms. The van der Waals surface area contributed by atoms with Crippen molar-refractivity contribution in [3.63, 3.8) is 0 Å². The summed E-state index contributed by atoms with van der Waals surface area (Å²) in [5.41, 5.74) is 2.95. The number of aromatic nitrogens is 2. The second-order valence-electron chi connectivity index (χ2n) is 4.85. The Kier molecular flexibility index (Phi) is 2.94. The number of aldehydes is 1. The van der Waals surface area contributed by atoms with Gasteiger partial charge < -0.3 is 4.57 Å². The van der Waals surface area contributed by atoms with Gasteiger partial charge in [-0.15, -0.1) is 0 Å². The first-order chi connectivity index (χ1) is 10.1. The average Bonchev–Trinajstić information content (AvgIpc) is 2.80. The van der Waals surface area contributed by atoms with E-state index in [9.17, 15) is 14.9 Å². The predicted molar refractivity (Wildman–Crippen MR) is 79.7 cm³/mol. The predicted octanol–water partition coefficient (Wildman–Crippen LogP) is 3.24. The Morgan fingerprint density at radius 3 is 2.71 bits per heavy atom. The molecule has 0 unspecified atom stereocenters. The number of nitro benzene ring substituents is 1. The first-order valence-electron chi connectivity index (χ1n) is 6.60. The molecular formula is C15H13N3O3. The van der Waals surface area contributed by atoms with Gasteiger partial charge in [-0.2, -0.15) is 0 Å². The molecule has 0 spiro atoms. The first-order valence-corrected chi connectivity index (χ1v) is 6.60. The van der Waals surface area contributed by atoms with Gasteiger partial charge in [-0.3, -0.25) is 14.9 Å². The Labute approximate surface area is 120 Å². The summed E-state index contributed by atoms with van der Waals surface area (Å²) in [6.45, 7) is 4.57. The number of fused-ring (bicyclic) bond motifs is 3. The van der Waals surface area contributed by atoms with Gasteiger partial charge in [-0.05, 0) is 26.0 Å². The molecule has 0 aliphatic heterocycles. The van der Waals surface area contributed by atoms with E-state index in [1.807, 2.05) is 13.8 Å². The topological polar surface area (TPSA) is 78.0 Å². The molecule has 0 aliphatic carbocycles. The van der Waals surface area contributed by atoms with E-state index in [0.29, 0.717) is 12.0 Å². The lowest BCUT2D eigenvalue weighted by Crippen LogP contribution is -1.98. The molecule has 0 amide bonds. The van der Waals surface area contributed by atoms with Crippen LogP contribution in [0.4, 0.5) is 5.69 Å². The third-order valence-corrected chi connectivity index (χ3v) is 3.67. The molecule has 0 N–H and O–H groups in total. The summed E-state index contributed by atoms with van der Waals surface area (Å²) in [5.74, 6) is 0. The fourth-order valence-electron chi connectivity index (χ4n) is 2.83. The number of carbonyl (C=O) groups excluding carboxylic acids is 1. The van der Waals surface area contributed by atoms with Crippen molar-refractivity contribution in [3.8, 4) is 0 Å². The maximum Gasteiger partial charge on any atom is 0.270 e. The standard InChI is InChI=1S/C15H13N3O3/c1-3-17-14-5-4-11(18(20)21)7-12(14)13-6-10(8-19)16-9(2)15(13)17/h4-8H,3H2,1-2H3. The van der Waals surface area contributed by atoms with Crippen LogP contribution >= 0.6 is 0 Å². The number of nitrogens with zero attached hydrogens (tertiary/aromatic N) is 3. The van der Waals surface area contributed by atoms with Gasteiger partial charge in [0.05, 0.1) is 16.1 Å². The average molecular weight is 283 g/mol. The number of benzene rings is 1. The smallest absolute Gasteiger partial charge is 0.270 e. The molecule has 21 heavy (non-hydrogen) atoms. The molecule has 0 saturated carbocycles. The van der Waals surface area contributed by atoms with Crippen molar-refractivity contribution in [1.29, 1.82) is 0 Å². The van der Waals surface area contributed by atoms with Crippen LogP contribution in [-0.2, 0) is 6.54 Å². The Morgan fingerprint density at radius 2 is 2.10 bits per heavy atom. The van der Waals surface area contributed by atoms with Gasteiger partial charge >= 0.3 is 0 Å². The summed E-state index contributed by atoms with van der Waals surface area (Å²) in [7, 11) is 0. The maximum absolute atomic E-state index is 11.0. The largest absolute Gasteiger partial charge is 0.339 e. The van der Waals surface area contributed by atoms with Crippen LogP contribution in [0.3, 0.4) is 0 Å². The fraction of sp³-hybridized carbons (Fsp3) is 0.200. The van der Waals surface area contributed by atoms with Crippen molar-refractivity contribution in [2.24, 2.45) is 0 Å². The summed E-state index contributed by atoms with van der Waals surface area (Å²) < 4.78 is 2.06. The van der Waals surface area contributed by atoms with Crippen molar-refractivity contribution in [1.82, 2.24) is 9.55 Å². The SMILES string of the molecule is CCn1c2ccc([N+](=O)[O-])cc2c2cc(C=O)nc(C)c21. The quantitative estimate of drug-likeness (QED) is 0.420. The molecule has 0 fully saturated rings. The van der Waals surface area contributed by atoms with Crippen LogP contribution in [0.1, 0.15) is 23.1 Å². The van der Waals surface area contributed by atoms with Crippen molar-refractivity contribution < 1.29 is 9.72 Å². The number of carbonyl (C=O) groups is 1. The van der Waals surface area contributed by atoms with Crippen molar-refractivity contribution in [2.75, 3.05) is 0 Å². The van der Waals surface area contributed by atoms with Gasteiger partial charge in [-0.25, -0.2) is 4.98 Å². The van der Waals surface area contributed by atoms with E-state index in [4.69, 9.17) is 0 Å². The maximum atomic E-state index is 11.0. The van der Waals surface area contributed by atoms with Gasteiger partial charge in [0, 0.05) is 35.0 Å². The molecular weight excluding hydrogens is 270 g/mol. The van der Waals surface area contributed by atoms with Crippen LogP contribution < -0.4 is 0 Å². The van der Waals surface area contributed by atoms with E-state index in [1.54, 1.807) is 18.2 Å². The molecule has 6 heteroatoms. The minimum absolute atomic E-state index is 0.0415. The van der Waals surface area contributed by atoms with Gasteiger partial charge in [0.2, 0.25) is 0 Å². The zero-order valence-corrected chi connectivity index (χ0v) is 11.7. The van der Waals surface area contributed by atoms with E-state index in [0.717, 1.165) is 34.0 Å². The lowest BCUT2D eigenvalue weighted by Gasteiger charge is -2.05. The molecule has 2 heterocycles. The monoisotopic (exact) mass is 283 g/mol. The third-order valence-electron chi connectivity index (χ3n) is 3.67. The van der Waals surface area contributed by atoms with Crippen LogP contribution in [0.25, 0.3) is 21.8 Å². The van der Waals surface area contributed by atoms with Gasteiger partial charge in [-0.1, -0.05) is 0 Å². The van der Waals surface area contributed by atoms with E-state index < -0.39 is 4.92 Å². The minimum atomic E-state index is -0.413. The second kappa shape index (κ2) is 4.66. The molecule has 3 rings (SSSR count). The highest BCUT2D eigenvalue weighted by Crippen LogP contribution is 2.33. The molecule has 3 aromatic rings. The molecule has 6 nitrogen and oxygen atoms in total. The van der Waals surface area contributed by atoms with Crippen LogP contribution in [0, 0.1) is 17.0 Å². The number of hydrogen-bond donors (Lipinski definition) is 0. The zero-order chi connectivity index (χ0) is 15.1. The van der Waals surface area contributed by atoms with E-state index >= 15 is 0 Å². The number of rotatable bonds is 3. The normalized spacial score (nSPS) is 11.1. The highest BCUT2D eigenvalue weighted by atomic mass is 16.6. The van der Waals surface area contributed by atoms with Crippen LogP contribution in [0.2, 0.25) is 0 Å². The number of pyridine rings is 1.